The van der Waals surface area contributed by atoms with Gasteiger partial charge in [-0.2, -0.15) is 0 Å². The standard InChI is InChI=1S/C11H15N/c1-2-8-12-9-7-10-5-3-4-6-11(10)12/h3-6H,2,7-9H2,1H3. The molecule has 1 heteroatoms. The van der Waals surface area contributed by atoms with Gasteiger partial charge in [-0.3, -0.25) is 0 Å². The molecule has 2 rings (SSSR count). The molecule has 1 nitrogen and oxygen atoms in total. The van der Waals surface area contributed by atoms with E-state index in [1.165, 1.54) is 37.2 Å². The zero-order valence-electron chi connectivity index (χ0n) is 7.59. The second kappa shape index (κ2) is 3.18. The third-order valence-electron chi connectivity index (χ3n) is 2.48. The van der Waals surface area contributed by atoms with Crippen molar-refractivity contribution in [1.82, 2.24) is 0 Å². The van der Waals surface area contributed by atoms with Crippen molar-refractivity contribution in [2.45, 2.75) is 19.8 Å². The van der Waals surface area contributed by atoms with E-state index in [9.17, 15) is 0 Å². The van der Waals surface area contributed by atoms with Crippen molar-refractivity contribution in [3.8, 4) is 0 Å². The van der Waals surface area contributed by atoms with Crippen LogP contribution in [0.15, 0.2) is 24.3 Å². The molecule has 0 N–H and O–H groups in total. The topological polar surface area (TPSA) is 3.24 Å². The van der Waals surface area contributed by atoms with E-state index in [2.05, 4.69) is 36.1 Å². The molecule has 1 aliphatic rings. The van der Waals surface area contributed by atoms with Gasteiger partial charge in [0.05, 0.1) is 0 Å². The SMILES string of the molecule is CCCN1CCc2ccccc21. The van der Waals surface area contributed by atoms with Gasteiger partial charge in [0, 0.05) is 18.8 Å². The lowest BCUT2D eigenvalue weighted by atomic mass is 10.2. The molecule has 0 saturated carbocycles. The van der Waals surface area contributed by atoms with Gasteiger partial charge in [-0.25, -0.2) is 0 Å². The summed E-state index contributed by atoms with van der Waals surface area (Å²) in [5.74, 6) is 0. The Bertz CT molecular complexity index is 265. The predicted molar refractivity (Wildman–Crippen MR) is 52.7 cm³/mol. The lowest BCUT2D eigenvalue weighted by Gasteiger charge is -2.17. The van der Waals surface area contributed by atoms with Crippen LogP contribution >= 0.6 is 0 Å². The smallest absolute Gasteiger partial charge is 0.0399 e. The van der Waals surface area contributed by atoms with Gasteiger partial charge in [0.2, 0.25) is 0 Å². The monoisotopic (exact) mass is 161 g/mol. The first kappa shape index (κ1) is 7.66. The van der Waals surface area contributed by atoms with Crippen LogP contribution in [0, 0.1) is 0 Å². The molecule has 0 aromatic heterocycles. The molecule has 0 saturated heterocycles. The molecule has 12 heavy (non-hydrogen) atoms. The lowest BCUT2D eigenvalue weighted by Crippen LogP contribution is -2.20. The van der Waals surface area contributed by atoms with E-state index >= 15 is 0 Å². The Kier molecular flexibility index (Phi) is 2.03. The summed E-state index contributed by atoms with van der Waals surface area (Å²) in [6.45, 7) is 4.66. The second-order valence-corrected chi connectivity index (χ2v) is 3.37. The van der Waals surface area contributed by atoms with Gasteiger partial charge in [-0.1, -0.05) is 25.1 Å². The summed E-state index contributed by atoms with van der Waals surface area (Å²) in [5, 5.41) is 0. The molecular formula is C11H15N. The van der Waals surface area contributed by atoms with Crippen molar-refractivity contribution in [3.63, 3.8) is 0 Å². The number of hydrogen-bond donors (Lipinski definition) is 0. The fourth-order valence-electron chi connectivity index (χ4n) is 1.91. The Morgan fingerprint density at radius 2 is 2.17 bits per heavy atom. The van der Waals surface area contributed by atoms with E-state index in [-0.39, 0.29) is 0 Å². The Hall–Kier alpha value is -0.980. The van der Waals surface area contributed by atoms with Gasteiger partial charge in [-0.05, 0) is 24.5 Å². The van der Waals surface area contributed by atoms with E-state index in [1.54, 1.807) is 0 Å². The van der Waals surface area contributed by atoms with E-state index < -0.39 is 0 Å². The van der Waals surface area contributed by atoms with Crippen LogP contribution in [0.5, 0.6) is 0 Å². The molecule has 64 valence electrons. The van der Waals surface area contributed by atoms with E-state index in [4.69, 9.17) is 0 Å². The van der Waals surface area contributed by atoms with E-state index in [0.29, 0.717) is 0 Å². The first-order valence-electron chi connectivity index (χ1n) is 4.74. The minimum absolute atomic E-state index is 1.21. The number of rotatable bonds is 2. The van der Waals surface area contributed by atoms with E-state index in [1.807, 2.05) is 0 Å². The summed E-state index contributed by atoms with van der Waals surface area (Å²) in [6.07, 6.45) is 2.48. The fraction of sp³-hybridized carbons (Fsp3) is 0.455. The maximum atomic E-state index is 2.48. The van der Waals surface area contributed by atoms with Crippen LogP contribution in [0.1, 0.15) is 18.9 Å². The molecule has 1 aromatic carbocycles. The Morgan fingerprint density at radius 1 is 1.33 bits per heavy atom. The molecule has 0 fully saturated rings. The number of hydrogen-bond acceptors (Lipinski definition) is 1. The first-order valence-corrected chi connectivity index (χ1v) is 4.74. The highest BCUT2D eigenvalue weighted by atomic mass is 15.1. The molecule has 0 unspecified atom stereocenters. The average molecular weight is 161 g/mol. The molecular weight excluding hydrogens is 146 g/mol. The van der Waals surface area contributed by atoms with Crippen molar-refractivity contribution < 1.29 is 0 Å². The summed E-state index contributed by atoms with van der Waals surface area (Å²) in [5.41, 5.74) is 2.98. The molecule has 0 bridgehead atoms. The van der Waals surface area contributed by atoms with Crippen molar-refractivity contribution in [2.24, 2.45) is 0 Å². The summed E-state index contributed by atoms with van der Waals surface area (Å²) in [7, 11) is 0. The van der Waals surface area contributed by atoms with Crippen LogP contribution in [-0.2, 0) is 6.42 Å². The summed E-state index contributed by atoms with van der Waals surface area (Å²) in [4.78, 5) is 2.48. The summed E-state index contributed by atoms with van der Waals surface area (Å²) < 4.78 is 0. The van der Waals surface area contributed by atoms with Crippen molar-refractivity contribution >= 4 is 5.69 Å². The van der Waals surface area contributed by atoms with Crippen LogP contribution in [0.25, 0.3) is 0 Å². The van der Waals surface area contributed by atoms with Crippen LogP contribution < -0.4 is 4.90 Å². The van der Waals surface area contributed by atoms with Crippen molar-refractivity contribution in [3.05, 3.63) is 29.8 Å². The van der Waals surface area contributed by atoms with Crippen molar-refractivity contribution in [2.75, 3.05) is 18.0 Å². The highest BCUT2D eigenvalue weighted by Gasteiger charge is 2.16. The molecule has 0 atom stereocenters. The van der Waals surface area contributed by atoms with Crippen LogP contribution in [0.3, 0.4) is 0 Å². The normalized spacial score (nSPS) is 14.9. The molecule has 0 radical (unpaired) electrons. The third-order valence-corrected chi connectivity index (χ3v) is 2.48. The zero-order chi connectivity index (χ0) is 8.39. The van der Waals surface area contributed by atoms with Gasteiger partial charge in [0.15, 0.2) is 0 Å². The van der Waals surface area contributed by atoms with Crippen LogP contribution in [-0.4, -0.2) is 13.1 Å². The minimum atomic E-state index is 1.21. The highest BCUT2D eigenvalue weighted by Crippen LogP contribution is 2.26. The number of anilines is 1. The number of para-hydroxylation sites is 1. The highest BCUT2D eigenvalue weighted by molar-refractivity contribution is 5.57. The molecule has 0 spiro atoms. The van der Waals surface area contributed by atoms with Gasteiger partial charge >= 0.3 is 0 Å². The Labute approximate surface area is 74.0 Å². The zero-order valence-corrected chi connectivity index (χ0v) is 7.59. The van der Waals surface area contributed by atoms with Gasteiger partial charge < -0.3 is 4.90 Å². The molecule has 1 aromatic rings. The third kappa shape index (κ3) is 1.20. The Morgan fingerprint density at radius 3 is 3.00 bits per heavy atom. The lowest BCUT2D eigenvalue weighted by molar-refractivity contribution is 0.796. The number of fused-ring (bicyclic) bond motifs is 1. The van der Waals surface area contributed by atoms with Gasteiger partial charge in [-0.15, -0.1) is 0 Å². The fourth-order valence-corrected chi connectivity index (χ4v) is 1.91. The molecule has 0 aliphatic carbocycles. The molecule has 1 heterocycles. The summed E-state index contributed by atoms with van der Waals surface area (Å²) in [6, 6.07) is 8.74. The van der Waals surface area contributed by atoms with Gasteiger partial charge in [0.1, 0.15) is 0 Å². The largest absolute Gasteiger partial charge is 0.371 e. The quantitative estimate of drug-likeness (QED) is 0.644. The van der Waals surface area contributed by atoms with Crippen molar-refractivity contribution in [1.29, 1.82) is 0 Å². The van der Waals surface area contributed by atoms with E-state index in [0.717, 1.165) is 0 Å². The number of benzene rings is 1. The average Bonchev–Trinajstić information content (AvgIpc) is 2.50. The second-order valence-electron chi connectivity index (χ2n) is 3.37. The molecule has 0 amide bonds. The Balaban J connectivity index is 2.24. The van der Waals surface area contributed by atoms with Gasteiger partial charge in [0.25, 0.3) is 0 Å². The summed E-state index contributed by atoms with van der Waals surface area (Å²) >= 11 is 0. The number of nitrogens with zero attached hydrogens (tertiary/aromatic N) is 1. The van der Waals surface area contributed by atoms with Crippen LogP contribution in [0.4, 0.5) is 5.69 Å². The maximum absolute atomic E-state index is 2.48. The molecule has 1 aliphatic heterocycles. The van der Waals surface area contributed by atoms with Crippen LogP contribution in [0.2, 0.25) is 0 Å². The maximum Gasteiger partial charge on any atom is 0.0399 e. The minimum Gasteiger partial charge on any atom is -0.371 e. The predicted octanol–water partition coefficient (Wildman–Crippen LogP) is 2.46. The first-order chi connectivity index (χ1) is 5.92.